The highest BCUT2D eigenvalue weighted by Crippen LogP contribution is 2.36. The Kier molecular flexibility index (Phi) is 5.28. The molecule has 0 atom stereocenters. The number of aromatic nitrogens is 2. The minimum Gasteiger partial charge on any atom is -0.445 e. The quantitative estimate of drug-likeness (QED) is 0.286. The van der Waals surface area contributed by atoms with Gasteiger partial charge in [0.1, 0.15) is 6.26 Å². The van der Waals surface area contributed by atoms with E-state index in [9.17, 15) is 0 Å². The van der Waals surface area contributed by atoms with Crippen LogP contribution in [0, 0.1) is 5.92 Å². The third kappa shape index (κ3) is 4.16. The van der Waals surface area contributed by atoms with Crippen LogP contribution in [0.2, 0.25) is 0 Å². The molecule has 0 saturated heterocycles. The van der Waals surface area contributed by atoms with Gasteiger partial charge in [-0.3, -0.25) is 4.98 Å². The van der Waals surface area contributed by atoms with Gasteiger partial charge in [0.15, 0.2) is 0 Å². The van der Waals surface area contributed by atoms with Crippen molar-refractivity contribution in [1.29, 1.82) is 0 Å². The first-order chi connectivity index (χ1) is 15.8. The lowest BCUT2D eigenvalue weighted by atomic mass is 9.82. The SMILES string of the molecule is CC(C)Cc1ccc2c(-c3ccnc(-c4cc(C(C)(C)C)c5ccccc5c4)c3)coc2n1. The van der Waals surface area contributed by atoms with E-state index < -0.39 is 0 Å². The highest BCUT2D eigenvalue weighted by atomic mass is 16.3. The molecule has 0 saturated carbocycles. The normalized spacial score (nSPS) is 12.2. The molecule has 0 aliphatic rings. The lowest BCUT2D eigenvalue weighted by molar-refractivity contribution is 0.593. The van der Waals surface area contributed by atoms with E-state index in [-0.39, 0.29) is 5.41 Å². The topological polar surface area (TPSA) is 38.9 Å². The Labute approximate surface area is 195 Å². The molecule has 2 aromatic carbocycles. The number of hydrogen-bond donors (Lipinski definition) is 0. The molecule has 0 aliphatic heterocycles. The first-order valence-electron chi connectivity index (χ1n) is 11.7. The summed E-state index contributed by atoms with van der Waals surface area (Å²) in [5.41, 5.74) is 7.36. The van der Waals surface area contributed by atoms with E-state index in [1.54, 1.807) is 0 Å². The van der Waals surface area contributed by atoms with E-state index in [0.717, 1.165) is 39.9 Å². The lowest BCUT2D eigenvalue weighted by Crippen LogP contribution is -2.12. The first kappa shape index (κ1) is 21.4. The molecule has 0 fully saturated rings. The number of hydrogen-bond acceptors (Lipinski definition) is 3. The standard InChI is InChI=1S/C30H30N2O/c1-19(2)14-23-10-11-25-26(18-33-29(25)32-23)21-12-13-31-28(17-21)22-15-20-8-6-7-9-24(20)27(16-22)30(3,4)5/h6-13,15-19H,14H2,1-5H3. The molecule has 0 aliphatic carbocycles. The fraction of sp³-hybridized carbons (Fsp3) is 0.267. The summed E-state index contributed by atoms with van der Waals surface area (Å²) in [4.78, 5) is 9.46. The molecule has 0 spiro atoms. The van der Waals surface area contributed by atoms with Crippen molar-refractivity contribution in [2.45, 2.75) is 46.5 Å². The molecule has 0 amide bonds. The van der Waals surface area contributed by atoms with Crippen LogP contribution in [-0.4, -0.2) is 9.97 Å². The largest absolute Gasteiger partial charge is 0.445 e. The second-order valence-corrected chi connectivity index (χ2v) is 10.3. The lowest BCUT2D eigenvalue weighted by Gasteiger charge is -2.22. The maximum absolute atomic E-state index is 5.86. The molecule has 3 heteroatoms. The summed E-state index contributed by atoms with van der Waals surface area (Å²) < 4.78 is 5.86. The van der Waals surface area contributed by atoms with Crippen LogP contribution in [0.15, 0.2) is 77.5 Å². The zero-order valence-corrected chi connectivity index (χ0v) is 20.0. The van der Waals surface area contributed by atoms with Crippen molar-refractivity contribution < 1.29 is 4.42 Å². The summed E-state index contributed by atoms with van der Waals surface area (Å²) in [5.74, 6) is 0.562. The van der Waals surface area contributed by atoms with Crippen molar-refractivity contribution in [1.82, 2.24) is 9.97 Å². The molecule has 3 heterocycles. The molecule has 5 rings (SSSR count). The van der Waals surface area contributed by atoms with Gasteiger partial charge in [0.2, 0.25) is 5.71 Å². The third-order valence-corrected chi connectivity index (χ3v) is 6.15. The van der Waals surface area contributed by atoms with Gasteiger partial charge in [0.05, 0.1) is 5.69 Å². The predicted molar refractivity (Wildman–Crippen MR) is 137 cm³/mol. The Bertz CT molecular complexity index is 1450. The van der Waals surface area contributed by atoms with E-state index in [1.165, 1.54) is 16.3 Å². The van der Waals surface area contributed by atoms with Crippen LogP contribution in [-0.2, 0) is 11.8 Å². The second kappa shape index (κ2) is 8.15. The van der Waals surface area contributed by atoms with Gasteiger partial charge in [-0.25, -0.2) is 4.98 Å². The molecule has 0 bridgehead atoms. The summed E-state index contributed by atoms with van der Waals surface area (Å²) in [7, 11) is 0. The predicted octanol–water partition coefficient (Wildman–Crippen LogP) is 8.21. The summed E-state index contributed by atoms with van der Waals surface area (Å²) >= 11 is 0. The molecule has 0 N–H and O–H groups in total. The Morgan fingerprint density at radius 1 is 0.879 bits per heavy atom. The molecular weight excluding hydrogens is 404 g/mol. The molecule has 0 unspecified atom stereocenters. The van der Waals surface area contributed by atoms with Crippen molar-refractivity contribution >= 4 is 21.9 Å². The minimum absolute atomic E-state index is 0.0351. The van der Waals surface area contributed by atoms with E-state index in [1.807, 2.05) is 18.5 Å². The van der Waals surface area contributed by atoms with Crippen molar-refractivity contribution in [3.8, 4) is 22.4 Å². The Morgan fingerprint density at radius 3 is 2.48 bits per heavy atom. The number of rotatable bonds is 4. The monoisotopic (exact) mass is 434 g/mol. The highest BCUT2D eigenvalue weighted by molar-refractivity contribution is 5.94. The van der Waals surface area contributed by atoms with Crippen LogP contribution in [0.1, 0.15) is 45.9 Å². The van der Waals surface area contributed by atoms with Gasteiger partial charge in [-0.1, -0.05) is 58.9 Å². The van der Waals surface area contributed by atoms with E-state index >= 15 is 0 Å². The number of furan rings is 1. The molecule has 33 heavy (non-hydrogen) atoms. The van der Waals surface area contributed by atoms with Crippen molar-refractivity contribution in [3.05, 3.63) is 84.4 Å². The highest BCUT2D eigenvalue weighted by Gasteiger charge is 2.19. The zero-order valence-electron chi connectivity index (χ0n) is 20.0. The van der Waals surface area contributed by atoms with E-state index in [2.05, 4.69) is 89.2 Å². The van der Waals surface area contributed by atoms with Gasteiger partial charge in [-0.2, -0.15) is 0 Å². The fourth-order valence-electron chi connectivity index (χ4n) is 4.54. The third-order valence-electron chi connectivity index (χ3n) is 6.15. The average molecular weight is 435 g/mol. The average Bonchev–Trinajstić information content (AvgIpc) is 3.20. The fourth-order valence-corrected chi connectivity index (χ4v) is 4.54. The molecule has 166 valence electrons. The van der Waals surface area contributed by atoms with Gasteiger partial charge in [0, 0.05) is 28.4 Å². The van der Waals surface area contributed by atoms with Crippen LogP contribution in [0.25, 0.3) is 44.3 Å². The molecule has 3 nitrogen and oxygen atoms in total. The van der Waals surface area contributed by atoms with Gasteiger partial charge in [0.25, 0.3) is 0 Å². The zero-order chi connectivity index (χ0) is 23.2. The number of pyridine rings is 2. The number of benzene rings is 2. The molecular formula is C30H30N2O. The number of nitrogens with zero attached hydrogens (tertiary/aromatic N) is 2. The first-order valence-corrected chi connectivity index (χ1v) is 11.7. The van der Waals surface area contributed by atoms with Crippen LogP contribution in [0.3, 0.4) is 0 Å². The maximum atomic E-state index is 5.86. The van der Waals surface area contributed by atoms with Crippen LogP contribution < -0.4 is 0 Å². The minimum atomic E-state index is 0.0351. The summed E-state index contributed by atoms with van der Waals surface area (Å²) in [6.07, 6.45) is 4.65. The van der Waals surface area contributed by atoms with Gasteiger partial charge >= 0.3 is 0 Å². The molecule has 3 aromatic heterocycles. The van der Waals surface area contributed by atoms with Crippen LogP contribution >= 0.6 is 0 Å². The summed E-state index contributed by atoms with van der Waals surface area (Å²) in [5, 5.41) is 3.57. The van der Waals surface area contributed by atoms with E-state index in [4.69, 9.17) is 14.4 Å². The van der Waals surface area contributed by atoms with Crippen molar-refractivity contribution in [2.24, 2.45) is 5.92 Å². The van der Waals surface area contributed by atoms with Crippen molar-refractivity contribution in [3.63, 3.8) is 0 Å². The Hall–Kier alpha value is -3.46. The van der Waals surface area contributed by atoms with E-state index in [0.29, 0.717) is 11.6 Å². The number of fused-ring (bicyclic) bond motifs is 2. The second-order valence-electron chi connectivity index (χ2n) is 10.3. The molecule has 5 aromatic rings. The Balaban J connectivity index is 1.60. The van der Waals surface area contributed by atoms with Gasteiger partial charge in [-0.15, -0.1) is 0 Å². The molecule has 0 radical (unpaired) electrons. The maximum Gasteiger partial charge on any atom is 0.226 e. The summed E-state index contributed by atoms with van der Waals surface area (Å²) in [6, 6.07) is 21.6. The van der Waals surface area contributed by atoms with Crippen LogP contribution in [0.5, 0.6) is 0 Å². The van der Waals surface area contributed by atoms with Gasteiger partial charge < -0.3 is 4.42 Å². The smallest absolute Gasteiger partial charge is 0.226 e. The summed E-state index contributed by atoms with van der Waals surface area (Å²) in [6.45, 7) is 11.2. The Morgan fingerprint density at radius 2 is 1.70 bits per heavy atom. The van der Waals surface area contributed by atoms with Gasteiger partial charge in [-0.05, 0) is 76.1 Å². The van der Waals surface area contributed by atoms with Crippen molar-refractivity contribution in [2.75, 3.05) is 0 Å². The van der Waals surface area contributed by atoms with Crippen LogP contribution in [0.4, 0.5) is 0 Å².